The monoisotopic (exact) mass is 364 g/mol. The molecule has 1 aromatic carbocycles. The van der Waals surface area contributed by atoms with Crippen LogP contribution >= 0.6 is 0 Å². The van der Waals surface area contributed by atoms with E-state index in [0.717, 1.165) is 0 Å². The second-order valence-corrected chi connectivity index (χ2v) is 6.81. The van der Waals surface area contributed by atoms with Crippen molar-refractivity contribution in [3.63, 3.8) is 0 Å². The van der Waals surface area contributed by atoms with Crippen molar-refractivity contribution < 1.29 is 23.9 Å². The fourth-order valence-electron chi connectivity index (χ4n) is 2.18. The minimum Gasteiger partial charge on any atom is -0.465 e. The maximum Gasteiger partial charge on any atom is 0.325 e. The quantitative estimate of drug-likeness (QED) is 0.712. The van der Waals surface area contributed by atoms with Gasteiger partial charge in [0.1, 0.15) is 6.54 Å². The zero-order valence-corrected chi connectivity index (χ0v) is 16.1. The van der Waals surface area contributed by atoms with E-state index in [1.807, 2.05) is 20.8 Å². The van der Waals surface area contributed by atoms with E-state index in [2.05, 4.69) is 5.32 Å². The predicted octanol–water partition coefficient (Wildman–Crippen LogP) is 1.87. The summed E-state index contributed by atoms with van der Waals surface area (Å²) in [5, 5.41) is 2.86. The average Bonchev–Trinajstić information content (AvgIpc) is 2.57. The van der Waals surface area contributed by atoms with E-state index in [-0.39, 0.29) is 37.0 Å². The molecular formula is C19H28N2O5. The van der Waals surface area contributed by atoms with Crippen LogP contribution in [0.2, 0.25) is 0 Å². The van der Waals surface area contributed by atoms with Crippen LogP contribution in [0.4, 0.5) is 0 Å². The van der Waals surface area contributed by atoms with Gasteiger partial charge >= 0.3 is 5.97 Å². The van der Waals surface area contributed by atoms with Crippen molar-refractivity contribution in [2.45, 2.75) is 33.2 Å². The molecule has 1 rings (SSSR count). The molecule has 0 bridgehead atoms. The summed E-state index contributed by atoms with van der Waals surface area (Å²) in [6.45, 7) is 8.06. The van der Waals surface area contributed by atoms with Crippen LogP contribution in [-0.2, 0) is 14.3 Å². The zero-order chi connectivity index (χ0) is 19.7. The van der Waals surface area contributed by atoms with Crippen LogP contribution in [-0.4, -0.2) is 61.6 Å². The van der Waals surface area contributed by atoms with Crippen LogP contribution in [0.3, 0.4) is 0 Å². The van der Waals surface area contributed by atoms with Gasteiger partial charge in [0.25, 0.3) is 11.8 Å². The average molecular weight is 364 g/mol. The second-order valence-electron chi connectivity index (χ2n) is 6.81. The van der Waals surface area contributed by atoms with Crippen molar-refractivity contribution in [2.75, 3.05) is 33.4 Å². The van der Waals surface area contributed by atoms with E-state index < -0.39 is 5.97 Å². The first kappa shape index (κ1) is 21.6. The highest BCUT2D eigenvalue weighted by Gasteiger charge is 2.20. The SMILES string of the molecule is CCOC(=O)CN(CCOC)C(=O)c1ccc(C(=O)NC(C)(C)C)cc1. The van der Waals surface area contributed by atoms with Gasteiger partial charge in [-0.25, -0.2) is 0 Å². The van der Waals surface area contributed by atoms with E-state index >= 15 is 0 Å². The van der Waals surface area contributed by atoms with Crippen molar-refractivity contribution >= 4 is 17.8 Å². The summed E-state index contributed by atoms with van der Waals surface area (Å²) in [4.78, 5) is 37.9. The molecular weight excluding hydrogens is 336 g/mol. The molecule has 1 N–H and O–H groups in total. The summed E-state index contributed by atoms with van der Waals surface area (Å²) in [7, 11) is 1.52. The molecule has 0 atom stereocenters. The Kier molecular flexibility index (Phi) is 8.25. The summed E-state index contributed by atoms with van der Waals surface area (Å²) in [6.07, 6.45) is 0. The number of hydrogen-bond donors (Lipinski definition) is 1. The Bertz CT molecular complexity index is 620. The highest BCUT2D eigenvalue weighted by molar-refractivity contribution is 5.98. The summed E-state index contributed by atoms with van der Waals surface area (Å²) in [6, 6.07) is 6.33. The third-order valence-corrected chi connectivity index (χ3v) is 3.36. The number of nitrogens with one attached hydrogen (secondary N) is 1. The van der Waals surface area contributed by atoms with E-state index in [1.54, 1.807) is 31.2 Å². The van der Waals surface area contributed by atoms with Gasteiger partial charge in [-0.2, -0.15) is 0 Å². The molecule has 0 spiro atoms. The fourth-order valence-corrected chi connectivity index (χ4v) is 2.18. The first-order valence-corrected chi connectivity index (χ1v) is 8.54. The number of carbonyl (C=O) groups is 3. The minimum absolute atomic E-state index is 0.151. The molecule has 0 unspecified atom stereocenters. The lowest BCUT2D eigenvalue weighted by Gasteiger charge is -2.22. The number of esters is 1. The van der Waals surface area contributed by atoms with Gasteiger partial charge in [0.05, 0.1) is 13.2 Å². The molecule has 0 saturated carbocycles. The lowest BCUT2D eigenvalue weighted by molar-refractivity contribution is -0.143. The van der Waals surface area contributed by atoms with Gasteiger partial charge < -0.3 is 19.7 Å². The molecule has 7 heteroatoms. The van der Waals surface area contributed by atoms with E-state index in [4.69, 9.17) is 9.47 Å². The summed E-state index contributed by atoms with van der Waals surface area (Å²) in [5.74, 6) is -1.00. The van der Waals surface area contributed by atoms with Crippen LogP contribution in [0.5, 0.6) is 0 Å². The van der Waals surface area contributed by atoms with Gasteiger partial charge in [0.15, 0.2) is 0 Å². The van der Waals surface area contributed by atoms with Crippen molar-refractivity contribution in [2.24, 2.45) is 0 Å². The van der Waals surface area contributed by atoms with Crippen LogP contribution in [0.15, 0.2) is 24.3 Å². The van der Waals surface area contributed by atoms with Crippen LogP contribution in [0.1, 0.15) is 48.4 Å². The Hall–Kier alpha value is -2.41. The second kappa shape index (κ2) is 9.91. The molecule has 0 aromatic heterocycles. The Morgan fingerprint density at radius 2 is 1.65 bits per heavy atom. The van der Waals surface area contributed by atoms with Crippen molar-refractivity contribution in [3.05, 3.63) is 35.4 Å². The molecule has 0 aliphatic carbocycles. The maximum absolute atomic E-state index is 12.7. The summed E-state index contributed by atoms with van der Waals surface area (Å²) < 4.78 is 9.91. The molecule has 144 valence electrons. The van der Waals surface area contributed by atoms with Gasteiger partial charge in [0.2, 0.25) is 0 Å². The number of nitrogens with zero attached hydrogens (tertiary/aromatic N) is 1. The third kappa shape index (κ3) is 7.23. The molecule has 2 amide bonds. The number of ether oxygens (including phenoxy) is 2. The minimum atomic E-state index is -0.474. The van der Waals surface area contributed by atoms with Crippen molar-refractivity contribution in [1.82, 2.24) is 10.2 Å². The topological polar surface area (TPSA) is 84.9 Å². The normalized spacial score (nSPS) is 11.0. The Labute approximate surface area is 154 Å². The van der Waals surface area contributed by atoms with Gasteiger partial charge in [-0.15, -0.1) is 0 Å². The van der Waals surface area contributed by atoms with E-state index in [9.17, 15) is 14.4 Å². The molecule has 0 aliphatic heterocycles. The van der Waals surface area contributed by atoms with Crippen LogP contribution in [0, 0.1) is 0 Å². The van der Waals surface area contributed by atoms with Gasteiger partial charge in [-0.05, 0) is 52.0 Å². The van der Waals surface area contributed by atoms with Gasteiger partial charge in [-0.1, -0.05) is 0 Å². The number of benzene rings is 1. The third-order valence-electron chi connectivity index (χ3n) is 3.36. The number of methoxy groups -OCH3 is 1. The molecule has 0 fully saturated rings. The number of carbonyl (C=O) groups excluding carboxylic acids is 3. The zero-order valence-electron chi connectivity index (χ0n) is 16.1. The smallest absolute Gasteiger partial charge is 0.325 e. The molecule has 1 aromatic rings. The highest BCUT2D eigenvalue weighted by Crippen LogP contribution is 2.10. The van der Waals surface area contributed by atoms with Gasteiger partial charge in [0, 0.05) is 30.3 Å². The summed E-state index contributed by atoms with van der Waals surface area (Å²) >= 11 is 0. The van der Waals surface area contributed by atoms with E-state index in [1.165, 1.54) is 12.0 Å². The molecule has 7 nitrogen and oxygen atoms in total. The first-order chi connectivity index (χ1) is 12.2. The number of amides is 2. The first-order valence-electron chi connectivity index (χ1n) is 8.54. The standard InChI is InChI=1S/C19H28N2O5/c1-6-26-16(22)13-21(11-12-25-5)18(24)15-9-7-14(8-10-15)17(23)20-19(2,3)4/h7-10H,6,11-13H2,1-5H3,(H,20,23). The number of hydrogen-bond acceptors (Lipinski definition) is 5. The predicted molar refractivity (Wildman–Crippen MR) is 98.1 cm³/mol. The lowest BCUT2D eigenvalue weighted by Crippen LogP contribution is -2.40. The Morgan fingerprint density at radius 3 is 2.15 bits per heavy atom. The molecule has 0 radical (unpaired) electrons. The van der Waals surface area contributed by atoms with Crippen LogP contribution in [0.25, 0.3) is 0 Å². The Morgan fingerprint density at radius 1 is 1.08 bits per heavy atom. The van der Waals surface area contributed by atoms with Crippen molar-refractivity contribution in [1.29, 1.82) is 0 Å². The fraction of sp³-hybridized carbons (Fsp3) is 0.526. The maximum atomic E-state index is 12.7. The van der Waals surface area contributed by atoms with Crippen molar-refractivity contribution in [3.8, 4) is 0 Å². The highest BCUT2D eigenvalue weighted by atomic mass is 16.5. The molecule has 0 heterocycles. The van der Waals surface area contributed by atoms with Crippen LogP contribution < -0.4 is 5.32 Å². The number of rotatable bonds is 8. The molecule has 0 saturated heterocycles. The van der Waals surface area contributed by atoms with E-state index in [0.29, 0.717) is 17.7 Å². The largest absolute Gasteiger partial charge is 0.465 e. The molecule has 0 aliphatic rings. The lowest BCUT2D eigenvalue weighted by atomic mass is 10.1. The van der Waals surface area contributed by atoms with Gasteiger partial charge in [-0.3, -0.25) is 14.4 Å². The summed E-state index contributed by atoms with van der Waals surface area (Å²) in [5.41, 5.74) is 0.505. The molecule has 26 heavy (non-hydrogen) atoms. The Balaban J connectivity index is 2.87.